The van der Waals surface area contributed by atoms with Crippen molar-refractivity contribution in [2.45, 2.75) is 19.9 Å². The molecular weight excluding hydrogens is 220 g/mol. The van der Waals surface area contributed by atoms with Crippen LogP contribution in [0.5, 0.6) is 0 Å². The number of carboxylic acids is 1. The Morgan fingerprint density at radius 2 is 2.35 bits per heavy atom. The Balaban J connectivity index is 2.41. The van der Waals surface area contributed by atoms with Gasteiger partial charge in [0.05, 0.1) is 19.3 Å². The van der Waals surface area contributed by atoms with Crippen LogP contribution in [0.15, 0.2) is 12.1 Å². The first-order valence-corrected chi connectivity index (χ1v) is 5.65. The van der Waals surface area contributed by atoms with Gasteiger partial charge in [-0.25, -0.2) is 9.78 Å². The van der Waals surface area contributed by atoms with Crippen molar-refractivity contribution in [3.8, 4) is 0 Å². The first kappa shape index (κ1) is 11.9. The molecule has 0 amide bonds. The quantitative estimate of drug-likeness (QED) is 0.839. The highest BCUT2D eigenvalue weighted by atomic mass is 16.5. The van der Waals surface area contributed by atoms with Crippen molar-refractivity contribution < 1.29 is 14.6 Å². The van der Waals surface area contributed by atoms with Gasteiger partial charge in [-0.3, -0.25) is 0 Å². The molecule has 17 heavy (non-hydrogen) atoms. The number of aromatic carboxylic acids is 1. The minimum absolute atomic E-state index is 0.149. The highest BCUT2D eigenvalue weighted by Crippen LogP contribution is 2.22. The topological polar surface area (TPSA) is 62.7 Å². The lowest BCUT2D eigenvalue weighted by molar-refractivity contribution is 0.0694. The predicted molar refractivity (Wildman–Crippen MR) is 63.6 cm³/mol. The Hall–Kier alpha value is -1.62. The lowest BCUT2D eigenvalue weighted by atomic mass is 10.1. The van der Waals surface area contributed by atoms with Gasteiger partial charge in [-0.2, -0.15) is 0 Å². The van der Waals surface area contributed by atoms with E-state index in [1.165, 1.54) is 0 Å². The monoisotopic (exact) mass is 236 g/mol. The molecule has 1 aliphatic rings. The molecule has 1 unspecified atom stereocenters. The van der Waals surface area contributed by atoms with E-state index in [4.69, 9.17) is 4.74 Å². The number of hydrogen-bond donors (Lipinski definition) is 1. The molecule has 0 spiro atoms. The zero-order valence-corrected chi connectivity index (χ0v) is 10.0. The first-order chi connectivity index (χ1) is 8.09. The van der Waals surface area contributed by atoms with Crippen LogP contribution >= 0.6 is 0 Å². The van der Waals surface area contributed by atoms with Crippen molar-refractivity contribution in [3.05, 3.63) is 23.4 Å². The number of carboxylic acid groups (broad SMARTS) is 1. The molecule has 5 heteroatoms. The predicted octanol–water partition coefficient (Wildman–Crippen LogP) is 1.31. The molecule has 0 saturated carbocycles. The van der Waals surface area contributed by atoms with E-state index >= 15 is 0 Å². The van der Waals surface area contributed by atoms with Crippen LogP contribution in [-0.2, 0) is 4.74 Å². The molecule has 1 atom stereocenters. The second-order valence-corrected chi connectivity index (χ2v) is 4.25. The van der Waals surface area contributed by atoms with E-state index in [9.17, 15) is 9.90 Å². The van der Waals surface area contributed by atoms with Gasteiger partial charge < -0.3 is 14.7 Å². The third kappa shape index (κ3) is 2.39. The summed E-state index contributed by atoms with van der Waals surface area (Å²) in [7, 11) is 0. The Kier molecular flexibility index (Phi) is 3.28. The minimum atomic E-state index is -0.939. The van der Waals surface area contributed by atoms with Crippen molar-refractivity contribution in [1.82, 2.24) is 4.98 Å². The van der Waals surface area contributed by atoms with Gasteiger partial charge in [0.2, 0.25) is 0 Å². The third-order valence-corrected chi connectivity index (χ3v) is 2.88. The summed E-state index contributed by atoms with van der Waals surface area (Å²) in [5.41, 5.74) is 1.08. The second-order valence-electron chi connectivity index (χ2n) is 4.25. The summed E-state index contributed by atoms with van der Waals surface area (Å²) >= 11 is 0. The highest BCUT2D eigenvalue weighted by Gasteiger charge is 2.24. The number of nitrogens with zero attached hydrogens (tertiary/aromatic N) is 2. The number of hydrogen-bond acceptors (Lipinski definition) is 4. The molecule has 1 N–H and O–H groups in total. The summed E-state index contributed by atoms with van der Waals surface area (Å²) in [5.74, 6) is -0.389. The molecule has 1 saturated heterocycles. The van der Waals surface area contributed by atoms with Crippen LogP contribution in [0.25, 0.3) is 0 Å². The van der Waals surface area contributed by atoms with Gasteiger partial charge in [-0.05, 0) is 26.0 Å². The minimum Gasteiger partial charge on any atom is -0.478 e. The zero-order valence-electron chi connectivity index (χ0n) is 10.0. The van der Waals surface area contributed by atoms with Crippen LogP contribution in [-0.4, -0.2) is 41.9 Å². The number of anilines is 1. The maximum absolute atomic E-state index is 11.2. The highest BCUT2D eigenvalue weighted by molar-refractivity contribution is 5.93. The van der Waals surface area contributed by atoms with Gasteiger partial charge in [0, 0.05) is 12.2 Å². The normalized spacial score (nSPS) is 20.4. The number of pyridine rings is 1. The van der Waals surface area contributed by atoms with E-state index in [1.54, 1.807) is 12.1 Å². The fraction of sp³-hybridized carbons (Fsp3) is 0.500. The van der Waals surface area contributed by atoms with Gasteiger partial charge in [0.1, 0.15) is 11.4 Å². The Morgan fingerprint density at radius 1 is 1.59 bits per heavy atom. The lowest BCUT2D eigenvalue weighted by Crippen LogP contribution is -2.44. The summed E-state index contributed by atoms with van der Waals surface area (Å²) in [6, 6.07) is 3.48. The average Bonchev–Trinajstić information content (AvgIpc) is 2.29. The van der Waals surface area contributed by atoms with Crippen molar-refractivity contribution in [2.75, 3.05) is 24.7 Å². The average molecular weight is 236 g/mol. The van der Waals surface area contributed by atoms with E-state index < -0.39 is 5.97 Å². The van der Waals surface area contributed by atoms with E-state index in [-0.39, 0.29) is 11.6 Å². The zero-order chi connectivity index (χ0) is 12.4. The molecule has 0 bridgehead atoms. The molecular formula is C12H16N2O3. The van der Waals surface area contributed by atoms with Crippen LogP contribution in [0.4, 0.5) is 5.82 Å². The molecule has 2 heterocycles. The number of rotatable bonds is 2. The Bertz CT molecular complexity index is 434. The maximum atomic E-state index is 11.2. The molecule has 1 aromatic heterocycles. The molecule has 0 radical (unpaired) electrons. The fourth-order valence-corrected chi connectivity index (χ4v) is 1.97. The smallest absolute Gasteiger partial charge is 0.339 e. The van der Waals surface area contributed by atoms with Gasteiger partial charge in [0.15, 0.2) is 0 Å². The molecule has 92 valence electrons. The van der Waals surface area contributed by atoms with Crippen LogP contribution < -0.4 is 4.90 Å². The number of ether oxygens (including phenoxy) is 1. The van der Waals surface area contributed by atoms with Crippen LogP contribution in [0.3, 0.4) is 0 Å². The molecule has 1 fully saturated rings. The molecule has 0 aliphatic carbocycles. The van der Waals surface area contributed by atoms with E-state index in [0.29, 0.717) is 25.6 Å². The molecule has 1 aromatic rings. The summed E-state index contributed by atoms with van der Waals surface area (Å²) in [5, 5.41) is 9.18. The van der Waals surface area contributed by atoms with Gasteiger partial charge in [-0.15, -0.1) is 0 Å². The van der Waals surface area contributed by atoms with E-state index in [2.05, 4.69) is 4.98 Å². The molecule has 2 rings (SSSR count). The first-order valence-electron chi connectivity index (χ1n) is 5.65. The van der Waals surface area contributed by atoms with E-state index in [0.717, 1.165) is 5.69 Å². The number of carbonyl (C=O) groups is 1. The Morgan fingerprint density at radius 3 is 3.00 bits per heavy atom. The third-order valence-electron chi connectivity index (χ3n) is 2.88. The Labute approximate surface area is 100 Å². The number of aryl methyl sites for hydroxylation is 1. The van der Waals surface area contributed by atoms with Crippen molar-refractivity contribution in [2.24, 2.45) is 0 Å². The van der Waals surface area contributed by atoms with E-state index in [1.807, 2.05) is 18.7 Å². The van der Waals surface area contributed by atoms with Gasteiger partial charge in [-0.1, -0.05) is 0 Å². The summed E-state index contributed by atoms with van der Waals surface area (Å²) in [6.07, 6.45) is 0. The van der Waals surface area contributed by atoms with Crippen molar-refractivity contribution in [1.29, 1.82) is 0 Å². The number of aromatic nitrogens is 1. The van der Waals surface area contributed by atoms with Crippen molar-refractivity contribution in [3.63, 3.8) is 0 Å². The van der Waals surface area contributed by atoms with Crippen molar-refractivity contribution >= 4 is 11.8 Å². The maximum Gasteiger partial charge on any atom is 0.339 e. The fourth-order valence-electron chi connectivity index (χ4n) is 1.97. The molecule has 0 aromatic carbocycles. The SMILES string of the molecule is Cc1ccc(C(=O)O)c(N2CCOCC2C)n1. The van der Waals surface area contributed by atoms with Gasteiger partial charge >= 0.3 is 5.97 Å². The summed E-state index contributed by atoms with van der Waals surface area (Å²) in [6.45, 7) is 5.76. The van der Waals surface area contributed by atoms with Crippen LogP contribution in [0, 0.1) is 6.92 Å². The summed E-state index contributed by atoms with van der Waals surface area (Å²) < 4.78 is 5.35. The number of morpholine rings is 1. The van der Waals surface area contributed by atoms with Crippen LogP contribution in [0.2, 0.25) is 0 Å². The molecule has 5 nitrogen and oxygen atoms in total. The largest absolute Gasteiger partial charge is 0.478 e. The molecule has 1 aliphatic heterocycles. The second kappa shape index (κ2) is 4.71. The lowest BCUT2D eigenvalue weighted by Gasteiger charge is -2.35. The standard InChI is InChI=1S/C12H16N2O3/c1-8-3-4-10(12(15)16)11(13-8)14-5-6-17-7-9(14)2/h3-4,9H,5-7H2,1-2H3,(H,15,16). The van der Waals surface area contributed by atoms with Gasteiger partial charge in [0.25, 0.3) is 0 Å². The summed E-state index contributed by atoms with van der Waals surface area (Å²) in [4.78, 5) is 17.5. The van der Waals surface area contributed by atoms with Crippen LogP contribution in [0.1, 0.15) is 23.0 Å².